The van der Waals surface area contributed by atoms with Crippen molar-refractivity contribution in [1.82, 2.24) is 14.8 Å². The predicted octanol–water partition coefficient (Wildman–Crippen LogP) is 4.47. The van der Waals surface area contributed by atoms with Crippen molar-refractivity contribution >= 4 is 33.9 Å². The maximum Gasteiger partial charge on any atom is 0.253 e. The molecule has 0 saturated heterocycles. The minimum absolute atomic E-state index is 0.109. The average molecular weight is 453 g/mol. The van der Waals surface area contributed by atoms with Gasteiger partial charge in [-0.2, -0.15) is 0 Å². The van der Waals surface area contributed by atoms with Crippen LogP contribution in [0.1, 0.15) is 25.8 Å². The Balaban J connectivity index is 1.81. The molecule has 0 aliphatic rings. The van der Waals surface area contributed by atoms with Crippen LogP contribution in [0.25, 0.3) is 10.9 Å². The monoisotopic (exact) mass is 452 g/mol. The van der Waals surface area contributed by atoms with E-state index < -0.39 is 0 Å². The minimum atomic E-state index is -0.109. The zero-order valence-electron chi connectivity index (χ0n) is 19.1. The van der Waals surface area contributed by atoms with Crippen molar-refractivity contribution in [1.29, 1.82) is 0 Å². The van der Waals surface area contributed by atoms with E-state index in [1.54, 1.807) is 7.11 Å². The lowest BCUT2D eigenvalue weighted by molar-refractivity contribution is 0.281. The zero-order valence-corrected chi connectivity index (χ0v) is 19.9. The van der Waals surface area contributed by atoms with Crippen LogP contribution in [0.2, 0.25) is 0 Å². The predicted molar refractivity (Wildman–Crippen MR) is 137 cm³/mol. The fourth-order valence-electron chi connectivity index (χ4n) is 3.68. The fourth-order valence-corrected chi connectivity index (χ4v) is 3.95. The lowest BCUT2D eigenvalue weighted by Gasteiger charge is -2.27. The Morgan fingerprint density at radius 3 is 2.50 bits per heavy atom. The number of hydrogen-bond donors (Lipinski definition) is 2. The summed E-state index contributed by atoms with van der Waals surface area (Å²) in [5.41, 5.74) is 2.27. The molecule has 2 aromatic carbocycles. The first-order valence-electron chi connectivity index (χ1n) is 11.1. The molecule has 0 saturated carbocycles. The van der Waals surface area contributed by atoms with Crippen LogP contribution in [-0.2, 0) is 6.54 Å². The highest BCUT2D eigenvalue weighted by Gasteiger charge is 2.14. The molecule has 170 valence electrons. The van der Waals surface area contributed by atoms with E-state index in [1.165, 1.54) is 0 Å². The molecule has 3 rings (SSSR count). The molecule has 32 heavy (non-hydrogen) atoms. The van der Waals surface area contributed by atoms with Gasteiger partial charge in [0.1, 0.15) is 5.75 Å². The van der Waals surface area contributed by atoms with Crippen molar-refractivity contribution in [2.75, 3.05) is 38.6 Å². The molecule has 6 nitrogen and oxygen atoms in total. The molecule has 0 amide bonds. The van der Waals surface area contributed by atoms with Gasteiger partial charge in [-0.1, -0.05) is 32.0 Å². The van der Waals surface area contributed by atoms with E-state index in [0.717, 1.165) is 49.2 Å². The quantitative estimate of drug-likeness (QED) is 0.443. The SMILES string of the molecule is CCN(CC)CCCN(Cc1cc2ccc(OC)cc2[nH]c1=O)C(=S)Nc1ccccc1. The van der Waals surface area contributed by atoms with E-state index in [-0.39, 0.29) is 5.56 Å². The van der Waals surface area contributed by atoms with Crippen molar-refractivity contribution < 1.29 is 4.74 Å². The highest BCUT2D eigenvalue weighted by atomic mass is 32.1. The van der Waals surface area contributed by atoms with Gasteiger partial charge in [0.25, 0.3) is 5.56 Å². The molecule has 0 atom stereocenters. The molecule has 2 N–H and O–H groups in total. The Kier molecular flexibility index (Phi) is 8.64. The number of ether oxygens (including phenoxy) is 1. The molecule has 1 heterocycles. The van der Waals surface area contributed by atoms with E-state index in [4.69, 9.17) is 17.0 Å². The number of nitrogens with zero attached hydrogens (tertiary/aromatic N) is 2. The van der Waals surface area contributed by atoms with Crippen LogP contribution in [0.4, 0.5) is 5.69 Å². The summed E-state index contributed by atoms with van der Waals surface area (Å²) in [5, 5.41) is 4.89. The molecule has 3 aromatic rings. The van der Waals surface area contributed by atoms with Crippen molar-refractivity contribution in [3.05, 3.63) is 70.5 Å². The standard InChI is InChI=1S/C25H32N4O2S/c1-4-28(5-2)14-9-15-29(25(32)26-21-10-7-6-8-11-21)18-20-16-19-12-13-22(31-3)17-23(19)27-24(20)30/h6-8,10-13,16-17H,4-5,9,14-15,18H2,1-3H3,(H,26,32)(H,27,30). The number of benzene rings is 2. The van der Waals surface area contributed by atoms with Gasteiger partial charge in [-0.3, -0.25) is 4.79 Å². The number of pyridine rings is 1. The van der Waals surface area contributed by atoms with Gasteiger partial charge in [-0.05, 0) is 74.0 Å². The molecule has 0 radical (unpaired) electrons. The highest BCUT2D eigenvalue weighted by Crippen LogP contribution is 2.19. The first kappa shape index (κ1) is 23.8. The van der Waals surface area contributed by atoms with Gasteiger partial charge in [-0.25, -0.2) is 0 Å². The first-order valence-corrected chi connectivity index (χ1v) is 11.5. The van der Waals surface area contributed by atoms with Crippen molar-refractivity contribution in [2.24, 2.45) is 0 Å². The van der Waals surface area contributed by atoms with Gasteiger partial charge in [0.15, 0.2) is 5.11 Å². The number of nitrogens with one attached hydrogen (secondary N) is 2. The van der Waals surface area contributed by atoms with Crippen LogP contribution in [0.5, 0.6) is 5.75 Å². The van der Waals surface area contributed by atoms with Crippen LogP contribution in [0.15, 0.2) is 59.4 Å². The van der Waals surface area contributed by atoms with Crippen LogP contribution in [0, 0.1) is 0 Å². The van der Waals surface area contributed by atoms with E-state index in [0.29, 0.717) is 23.0 Å². The molecule has 0 aliphatic carbocycles. The zero-order chi connectivity index (χ0) is 22.9. The number of hydrogen-bond acceptors (Lipinski definition) is 4. The summed E-state index contributed by atoms with van der Waals surface area (Å²) < 4.78 is 5.27. The Morgan fingerprint density at radius 1 is 1.06 bits per heavy atom. The van der Waals surface area contributed by atoms with Crippen LogP contribution in [-0.4, -0.2) is 53.2 Å². The summed E-state index contributed by atoms with van der Waals surface area (Å²) >= 11 is 5.74. The van der Waals surface area contributed by atoms with E-state index in [2.05, 4.69) is 33.9 Å². The molecule has 7 heteroatoms. The third-order valence-electron chi connectivity index (χ3n) is 5.60. The van der Waals surface area contributed by atoms with Crippen LogP contribution < -0.4 is 15.6 Å². The molecule has 0 bridgehead atoms. The van der Waals surface area contributed by atoms with Gasteiger partial charge < -0.3 is 24.8 Å². The molecule has 0 spiro atoms. The van der Waals surface area contributed by atoms with Gasteiger partial charge >= 0.3 is 0 Å². The lowest BCUT2D eigenvalue weighted by Crippen LogP contribution is -2.38. The van der Waals surface area contributed by atoms with Crippen molar-refractivity contribution in [3.63, 3.8) is 0 Å². The molecular weight excluding hydrogens is 420 g/mol. The molecule has 1 aromatic heterocycles. The number of aromatic nitrogens is 1. The highest BCUT2D eigenvalue weighted by molar-refractivity contribution is 7.80. The van der Waals surface area contributed by atoms with Crippen molar-refractivity contribution in [3.8, 4) is 5.75 Å². The number of para-hydroxylation sites is 1. The normalized spacial score (nSPS) is 11.0. The summed E-state index contributed by atoms with van der Waals surface area (Å²) in [4.78, 5) is 20.3. The number of fused-ring (bicyclic) bond motifs is 1. The van der Waals surface area contributed by atoms with Gasteiger partial charge in [-0.15, -0.1) is 0 Å². The molecule has 0 fully saturated rings. The smallest absolute Gasteiger partial charge is 0.253 e. The number of aromatic amines is 1. The van der Waals surface area contributed by atoms with Crippen LogP contribution >= 0.6 is 12.2 Å². The Labute approximate surface area is 195 Å². The Bertz CT molecular complexity index is 1080. The number of anilines is 1. The number of H-pyrrole nitrogens is 1. The average Bonchev–Trinajstić information content (AvgIpc) is 2.81. The minimum Gasteiger partial charge on any atom is -0.497 e. The maximum atomic E-state index is 12.8. The topological polar surface area (TPSA) is 60.6 Å². The fraction of sp³-hybridized carbons (Fsp3) is 0.360. The first-order chi connectivity index (χ1) is 15.5. The summed E-state index contributed by atoms with van der Waals surface area (Å²) in [7, 11) is 1.62. The summed E-state index contributed by atoms with van der Waals surface area (Å²) in [5.74, 6) is 0.715. The van der Waals surface area contributed by atoms with Crippen molar-refractivity contribution in [2.45, 2.75) is 26.8 Å². The number of thiocarbonyl (C=S) groups is 1. The lowest BCUT2D eigenvalue weighted by atomic mass is 10.1. The van der Waals surface area contributed by atoms with Gasteiger partial charge in [0.2, 0.25) is 0 Å². The maximum absolute atomic E-state index is 12.8. The van der Waals surface area contributed by atoms with Crippen LogP contribution in [0.3, 0.4) is 0 Å². The molecule has 0 aliphatic heterocycles. The second-order valence-electron chi connectivity index (χ2n) is 7.68. The summed E-state index contributed by atoms with van der Waals surface area (Å²) in [6, 6.07) is 17.5. The third kappa shape index (κ3) is 6.31. The molecule has 0 unspecified atom stereocenters. The Morgan fingerprint density at radius 2 is 1.81 bits per heavy atom. The van der Waals surface area contributed by atoms with Gasteiger partial charge in [0.05, 0.1) is 19.2 Å². The van der Waals surface area contributed by atoms with E-state index in [1.807, 2.05) is 54.6 Å². The summed E-state index contributed by atoms with van der Waals surface area (Å²) in [6.45, 7) is 8.59. The van der Waals surface area contributed by atoms with E-state index >= 15 is 0 Å². The number of rotatable bonds is 10. The second-order valence-corrected chi connectivity index (χ2v) is 8.06. The summed E-state index contributed by atoms with van der Waals surface area (Å²) in [6.07, 6.45) is 0.959. The largest absolute Gasteiger partial charge is 0.497 e. The van der Waals surface area contributed by atoms with Gasteiger partial charge in [0, 0.05) is 23.9 Å². The molecular formula is C25H32N4O2S. The third-order valence-corrected chi connectivity index (χ3v) is 5.96. The Hall–Kier alpha value is -2.90. The number of methoxy groups -OCH3 is 1. The van der Waals surface area contributed by atoms with E-state index in [9.17, 15) is 4.79 Å². The second kappa shape index (κ2) is 11.6.